The average molecular weight is 264 g/mol. The molecule has 0 fully saturated rings. The van der Waals surface area contributed by atoms with Gasteiger partial charge in [-0.05, 0) is 25.9 Å². The molecule has 0 aliphatic heterocycles. The fourth-order valence-corrected chi connectivity index (χ4v) is 2.96. The van der Waals surface area contributed by atoms with Crippen LogP contribution in [0.3, 0.4) is 0 Å². The maximum atomic E-state index is 11.9. The van der Waals surface area contributed by atoms with Crippen LogP contribution in [0.1, 0.15) is 19.8 Å². The summed E-state index contributed by atoms with van der Waals surface area (Å²) in [6, 6.07) is 0. The smallest absolute Gasteiger partial charge is 0.214 e. The molecule has 0 radical (unpaired) electrons. The molecule has 0 aliphatic rings. The molecule has 0 aromatic heterocycles. The first-order valence-corrected chi connectivity index (χ1v) is 7.59. The van der Waals surface area contributed by atoms with Gasteiger partial charge in [0.25, 0.3) is 0 Å². The molecule has 0 unspecified atom stereocenters. The normalized spacial score (nSPS) is 11.9. The summed E-state index contributed by atoms with van der Waals surface area (Å²) in [6.07, 6.45) is 3.01. The van der Waals surface area contributed by atoms with Gasteiger partial charge in [0.05, 0.1) is 12.4 Å². The van der Waals surface area contributed by atoms with Crippen LogP contribution in [0.15, 0.2) is 12.7 Å². The van der Waals surface area contributed by atoms with Gasteiger partial charge >= 0.3 is 0 Å². The van der Waals surface area contributed by atoms with Gasteiger partial charge in [0.1, 0.15) is 0 Å². The van der Waals surface area contributed by atoms with Crippen LogP contribution in [0, 0.1) is 0 Å². The molecule has 6 heteroatoms. The molecule has 0 aromatic rings. The van der Waals surface area contributed by atoms with E-state index in [1.165, 1.54) is 10.4 Å². The summed E-state index contributed by atoms with van der Waals surface area (Å²) in [5.74, 6) is 0.131. The van der Waals surface area contributed by atoms with Gasteiger partial charge in [-0.1, -0.05) is 13.0 Å². The Morgan fingerprint density at radius 2 is 2.12 bits per heavy atom. The molecular formula is C11H24N2O3S. The molecule has 0 amide bonds. The van der Waals surface area contributed by atoms with Gasteiger partial charge in [-0.2, -0.15) is 4.31 Å². The zero-order chi connectivity index (χ0) is 13.1. The van der Waals surface area contributed by atoms with Crippen LogP contribution < -0.4 is 5.32 Å². The van der Waals surface area contributed by atoms with E-state index in [1.807, 2.05) is 6.92 Å². The van der Waals surface area contributed by atoms with Crippen molar-refractivity contribution in [3.8, 4) is 0 Å². The Labute approximate surface area is 105 Å². The predicted molar refractivity (Wildman–Crippen MR) is 70.4 cm³/mol. The third-order valence-electron chi connectivity index (χ3n) is 2.33. The molecule has 0 saturated heterocycles. The lowest BCUT2D eigenvalue weighted by atomic mass is 10.3. The van der Waals surface area contributed by atoms with Crippen molar-refractivity contribution in [1.29, 1.82) is 0 Å². The van der Waals surface area contributed by atoms with Crippen molar-refractivity contribution in [1.82, 2.24) is 9.62 Å². The number of aliphatic hydroxyl groups excluding tert-OH is 1. The van der Waals surface area contributed by atoms with Gasteiger partial charge in [-0.25, -0.2) is 8.42 Å². The number of hydrogen-bond donors (Lipinski definition) is 2. The van der Waals surface area contributed by atoms with Crippen molar-refractivity contribution in [3.05, 3.63) is 12.7 Å². The van der Waals surface area contributed by atoms with Crippen LogP contribution in [0.5, 0.6) is 0 Å². The van der Waals surface area contributed by atoms with Crippen LogP contribution in [0.25, 0.3) is 0 Å². The summed E-state index contributed by atoms with van der Waals surface area (Å²) >= 11 is 0. The quantitative estimate of drug-likeness (QED) is 0.413. The first-order chi connectivity index (χ1) is 8.08. The second kappa shape index (κ2) is 9.58. The number of hydrogen-bond acceptors (Lipinski definition) is 4. The van der Waals surface area contributed by atoms with Crippen LogP contribution >= 0.6 is 0 Å². The number of unbranched alkanes of at least 4 members (excludes halogenated alkanes) is 1. The van der Waals surface area contributed by atoms with Gasteiger partial charge in [0.2, 0.25) is 10.0 Å². The SMILES string of the molecule is C=CCN(CCO)S(=O)(=O)CCCCNCC. The molecule has 102 valence electrons. The van der Waals surface area contributed by atoms with Gasteiger partial charge in [0, 0.05) is 13.1 Å². The highest BCUT2D eigenvalue weighted by atomic mass is 32.2. The Morgan fingerprint density at radius 1 is 1.41 bits per heavy atom. The summed E-state index contributed by atoms with van der Waals surface area (Å²) in [5, 5.41) is 12.0. The van der Waals surface area contributed by atoms with Gasteiger partial charge in [-0.3, -0.25) is 0 Å². The fourth-order valence-electron chi connectivity index (χ4n) is 1.44. The molecule has 0 bridgehead atoms. The van der Waals surface area contributed by atoms with Gasteiger partial charge in [-0.15, -0.1) is 6.58 Å². The van der Waals surface area contributed by atoms with E-state index >= 15 is 0 Å². The largest absolute Gasteiger partial charge is 0.395 e. The van der Waals surface area contributed by atoms with E-state index in [2.05, 4.69) is 11.9 Å². The lowest BCUT2D eigenvalue weighted by Gasteiger charge is -2.19. The van der Waals surface area contributed by atoms with E-state index in [4.69, 9.17) is 5.11 Å². The highest BCUT2D eigenvalue weighted by Crippen LogP contribution is 2.04. The summed E-state index contributed by atoms with van der Waals surface area (Å²) in [4.78, 5) is 0. The third kappa shape index (κ3) is 7.49. The lowest BCUT2D eigenvalue weighted by molar-refractivity contribution is 0.260. The highest BCUT2D eigenvalue weighted by Gasteiger charge is 2.19. The minimum absolute atomic E-state index is 0.131. The molecule has 0 heterocycles. The fraction of sp³-hybridized carbons (Fsp3) is 0.818. The van der Waals surface area contributed by atoms with E-state index in [9.17, 15) is 8.42 Å². The van der Waals surface area contributed by atoms with Crippen LogP contribution in [-0.2, 0) is 10.0 Å². The van der Waals surface area contributed by atoms with Crippen molar-refractivity contribution >= 4 is 10.0 Å². The summed E-state index contributed by atoms with van der Waals surface area (Å²) in [7, 11) is -3.26. The number of sulfonamides is 1. The molecule has 2 N–H and O–H groups in total. The van der Waals surface area contributed by atoms with Crippen LogP contribution in [0.2, 0.25) is 0 Å². The van der Waals surface area contributed by atoms with Gasteiger partial charge in [0.15, 0.2) is 0 Å². The van der Waals surface area contributed by atoms with E-state index < -0.39 is 10.0 Å². The zero-order valence-corrected chi connectivity index (χ0v) is 11.4. The van der Waals surface area contributed by atoms with Crippen LogP contribution in [0.4, 0.5) is 0 Å². The van der Waals surface area contributed by atoms with Crippen LogP contribution in [-0.4, -0.2) is 56.4 Å². The molecule has 0 spiro atoms. The highest BCUT2D eigenvalue weighted by molar-refractivity contribution is 7.89. The second-order valence-electron chi connectivity index (χ2n) is 3.75. The number of nitrogens with one attached hydrogen (secondary N) is 1. The van der Waals surface area contributed by atoms with Crippen molar-refractivity contribution < 1.29 is 13.5 Å². The molecule has 0 atom stereocenters. The zero-order valence-electron chi connectivity index (χ0n) is 10.6. The second-order valence-corrected chi connectivity index (χ2v) is 5.84. The Hall–Kier alpha value is -0.430. The van der Waals surface area contributed by atoms with E-state index in [1.54, 1.807) is 0 Å². The Balaban J connectivity index is 4.08. The minimum atomic E-state index is -3.26. The molecule has 0 rings (SSSR count). The number of aliphatic hydroxyl groups is 1. The Bertz CT molecular complexity index is 291. The molecule has 0 aliphatic carbocycles. The van der Waals surface area contributed by atoms with Crippen molar-refractivity contribution in [2.45, 2.75) is 19.8 Å². The molecular weight excluding hydrogens is 240 g/mol. The van der Waals surface area contributed by atoms with Gasteiger partial charge < -0.3 is 10.4 Å². The van der Waals surface area contributed by atoms with E-state index in [0.717, 1.165) is 19.5 Å². The molecule has 0 aromatic carbocycles. The average Bonchev–Trinajstić information content (AvgIpc) is 2.28. The minimum Gasteiger partial charge on any atom is -0.395 e. The van der Waals surface area contributed by atoms with E-state index in [-0.39, 0.29) is 25.4 Å². The predicted octanol–water partition coefficient (Wildman–Crippen LogP) is 0.186. The lowest BCUT2D eigenvalue weighted by Crippen LogP contribution is -2.35. The van der Waals surface area contributed by atoms with Crippen molar-refractivity contribution in [2.75, 3.05) is 38.5 Å². The van der Waals surface area contributed by atoms with Crippen molar-refractivity contribution in [3.63, 3.8) is 0 Å². The third-order valence-corrected chi connectivity index (χ3v) is 4.25. The monoisotopic (exact) mass is 264 g/mol. The number of nitrogens with zero attached hydrogens (tertiary/aromatic N) is 1. The summed E-state index contributed by atoms with van der Waals surface area (Å²) in [6.45, 7) is 7.52. The van der Waals surface area contributed by atoms with Crippen molar-refractivity contribution in [2.24, 2.45) is 0 Å². The standard InChI is InChI=1S/C11H24N2O3S/c1-3-8-13(9-10-14)17(15,16)11-6-5-7-12-4-2/h3,12,14H,1,4-11H2,2H3. The number of rotatable bonds is 11. The maximum absolute atomic E-state index is 11.9. The molecule has 5 nitrogen and oxygen atoms in total. The van der Waals surface area contributed by atoms with E-state index in [0.29, 0.717) is 6.42 Å². The summed E-state index contributed by atoms with van der Waals surface area (Å²) < 4.78 is 25.1. The Kier molecular flexibility index (Phi) is 9.34. The maximum Gasteiger partial charge on any atom is 0.214 e. The first kappa shape index (κ1) is 16.6. The molecule has 17 heavy (non-hydrogen) atoms. The summed E-state index contributed by atoms with van der Waals surface area (Å²) in [5.41, 5.74) is 0. The molecule has 0 saturated carbocycles. The Morgan fingerprint density at radius 3 is 2.65 bits per heavy atom. The first-order valence-electron chi connectivity index (χ1n) is 5.98. The topological polar surface area (TPSA) is 69.6 Å².